The van der Waals surface area contributed by atoms with Crippen molar-refractivity contribution < 1.29 is 4.79 Å². The number of hydrazine groups is 1. The minimum absolute atomic E-state index is 0.336. The summed E-state index contributed by atoms with van der Waals surface area (Å²) in [7, 11) is 0. The summed E-state index contributed by atoms with van der Waals surface area (Å²) in [5.41, 5.74) is 11.3. The molecule has 0 aliphatic carbocycles. The highest BCUT2D eigenvalue weighted by molar-refractivity contribution is 5.80. The second-order valence-corrected chi connectivity index (χ2v) is 1.30. The molecule has 0 aliphatic rings. The van der Waals surface area contributed by atoms with Crippen molar-refractivity contribution in [2.75, 3.05) is 0 Å². The molecular weight excluding hydrogens is 136 g/mol. The van der Waals surface area contributed by atoms with Crippen molar-refractivity contribution in [3.63, 3.8) is 0 Å². The fraction of sp³-hybridized carbons (Fsp3) is 0. The average molecular weight is 142 g/mol. The third-order valence-corrected chi connectivity index (χ3v) is 0.553. The molecule has 0 spiro atoms. The molecule has 0 rings (SSSR count). The van der Waals surface area contributed by atoms with Gasteiger partial charge in [0.2, 0.25) is 12.2 Å². The summed E-state index contributed by atoms with van der Waals surface area (Å²) in [4.78, 5) is 10.2. The van der Waals surface area contributed by atoms with Gasteiger partial charge >= 0.3 is 6.03 Å². The minimum atomic E-state index is -1.02. The number of hydrogen-bond donors (Lipinski definition) is 4. The van der Waals surface area contributed by atoms with Gasteiger partial charge in [-0.15, -0.1) is 5.01 Å². The molecule has 0 aromatic heterocycles. The molecule has 10 heavy (non-hydrogen) atoms. The van der Waals surface area contributed by atoms with E-state index < -0.39 is 12.0 Å². The van der Waals surface area contributed by atoms with Crippen molar-refractivity contribution in [3.05, 3.63) is 0 Å². The number of nitriles is 1. The Morgan fingerprint density at radius 2 is 2.20 bits per heavy atom. The lowest BCUT2D eigenvalue weighted by molar-refractivity contribution is 0.220. The summed E-state index contributed by atoms with van der Waals surface area (Å²) in [5.74, 6) is -0.527. The van der Waals surface area contributed by atoms with E-state index in [-0.39, 0.29) is 0 Å². The topological polar surface area (TPSA) is 132 Å². The molecule has 0 fully saturated rings. The van der Waals surface area contributed by atoms with Crippen molar-refractivity contribution in [2.45, 2.75) is 0 Å². The minimum Gasteiger partial charge on any atom is -0.369 e. The summed E-state index contributed by atoms with van der Waals surface area (Å²) in [6.07, 6.45) is 1.36. The van der Waals surface area contributed by atoms with Crippen molar-refractivity contribution >= 4 is 12.0 Å². The maximum absolute atomic E-state index is 10.2. The zero-order chi connectivity index (χ0) is 8.15. The van der Waals surface area contributed by atoms with Crippen molar-refractivity contribution in [1.29, 1.82) is 10.7 Å². The van der Waals surface area contributed by atoms with Crippen LogP contribution in [0.25, 0.3) is 0 Å². The van der Waals surface area contributed by atoms with Gasteiger partial charge in [0.05, 0.1) is 0 Å². The average Bonchev–Trinajstić information content (AvgIpc) is 1.81. The molecule has 7 heteroatoms. The van der Waals surface area contributed by atoms with Crippen LogP contribution in [0.2, 0.25) is 0 Å². The van der Waals surface area contributed by atoms with E-state index in [1.54, 1.807) is 0 Å². The molecule has 7 nitrogen and oxygen atoms in total. The van der Waals surface area contributed by atoms with E-state index >= 15 is 0 Å². The Labute approximate surface area is 56.7 Å². The Kier molecular flexibility index (Phi) is 2.52. The Balaban J connectivity index is 4.00. The molecule has 0 aromatic rings. The number of urea groups is 1. The van der Waals surface area contributed by atoms with Crippen LogP contribution in [0.5, 0.6) is 0 Å². The number of carbonyl (C=O) groups is 1. The fourth-order valence-corrected chi connectivity index (χ4v) is 0.250. The lowest BCUT2D eigenvalue weighted by Gasteiger charge is -2.09. The number of carbonyl (C=O) groups excluding carboxylic acids is 1. The number of nitrogens with zero attached hydrogens (tertiary/aromatic N) is 2. The second kappa shape index (κ2) is 3.13. The van der Waals surface area contributed by atoms with Gasteiger partial charge in [-0.25, -0.2) is 4.79 Å². The van der Waals surface area contributed by atoms with Gasteiger partial charge in [-0.2, -0.15) is 5.26 Å². The lowest BCUT2D eigenvalue weighted by Crippen LogP contribution is -2.48. The van der Waals surface area contributed by atoms with E-state index in [1.807, 2.05) is 5.43 Å². The van der Waals surface area contributed by atoms with Gasteiger partial charge in [-0.3, -0.25) is 10.8 Å². The second-order valence-electron chi connectivity index (χ2n) is 1.30. The normalized spacial score (nSPS) is 7.50. The molecule has 0 heterocycles. The number of rotatable bonds is 0. The molecule has 0 radical (unpaired) electrons. The SMILES string of the molecule is N#CN(NC(=N)N)C(N)=O. The molecule has 2 amide bonds. The highest BCUT2D eigenvalue weighted by Gasteiger charge is 2.06. The lowest BCUT2D eigenvalue weighted by atomic mass is 10.9. The van der Waals surface area contributed by atoms with Gasteiger partial charge in [0.25, 0.3) is 0 Å². The number of amides is 2. The Hall–Kier alpha value is -1.97. The number of nitrogens with two attached hydrogens (primary N) is 2. The zero-order valence-electron chi connectivity index (χ0n) is 4.96. The first-order valence-corrected chi connectivity index (χ1v) is 2.18. The van der Waals surface area contributed by atoms with Crippen LogP contribution in [0, 0.1) is 16.9 Å². The molecular formula is C3H6N6O. The first-order valence-electron chi connectivity index (χ1n) is 2.18. The summed E-state index contributed by atoms with van der Waals surface area (Å²) in [6, 6.07) is -1.02. The van der Waals surface area contributed by atoms with E-state index in [0.29, 0.717) is 5.01 Å². The van der Waals surface area contributed by atoms with Gasteiger partial charge in [0, 0.05) is 0 Å². The third kappa shape index (κ3) is 2.37. The predicted molar refractivity (Wildman–Crippen MR) is 32.1 cm³/mol. The Morgan fingerprint density at radius 1 is 1.70 bits per heavy atom. The predicted octanol–water partition coefficient (Wildman–Crippen LogP) is -1.75. The highest BCUT2D eigenvalue weighted by Crippen LogP contribution is 1.73. The first-order chi connectivity index (χ1) is 4.57. The van der Waals surface area contributed by atoms with E-state index in [2.05, 4.69) is 5.73 Å². The van der Waals surface area contributed by atoms with Crippen LogP contribution in [-0.2, 0) is 0 Å². The van der Waals surface area contributed by atoms with Crippen LogP contribution >= 0.6 is 0 Å². The Morgan fingerprint density at radius 3 is 2.30 bits per heavy atom. The highest BCUT2D eigenvalue weighted by atomic mass is 16.2. The van der Waals surface area contributed by atoms with Crippen molar-refractivity contribution in [1.82, 2.24) is 10.4 Å². The molecule has 6 N–H and O–H groups in total. The molecule has 0 saturated heterocycles. The van der Waals surface area contributed by atoms with Crippen LogP contribution in [-0.4, -0.2) is 17.0 Å². The molecule has 54 valence electrons. The van der Waals surface area contributed by atoms with E-state index in [9.17, 15) is 4.79 Å². The molecule has 0 bridgehead atoms. The van der Waals surface area contributed by atoms with Gasteiger partial charge < -0.3 is 11.5 Å². The smallest absolute Gasteiger partial charge is 0.347 e. The molecule has 0 atom stereocenters. The van der Waals surface area contributed by atoms with E-state index in [1.165, 1.54) is 6.19 Å². The summed E-state index contributed by atoms with van der Waals surface area (Å²) in [5, 5.41) is 15.0. The molecule has 0 aliphatic heterocycles. The zero-order valence-corrected chi connectivity index (χ0v) is 4.96. The van der Waals surface area contributed by atoms with E-state index in [0.717, 1.165) is 0 Å². The van der Waals surface area contributed by atoms with E-state index in [4.69, 9.17) is 16.4 Å². The van der Waals surface area contributed by atoms with Gasteiger partial charge in [-0.05, 0) is 0 Å². The van der Waals surface area contributed by atoms with Gasteiger partial charge in [-0.1, -0.05) is 0 Å². The fourth-order valence-electron chi connectivity index (χ4n) is 0.250. The maximum Gasteiger partial charge on any atom is 0.347 e. The maximum atomic E-state index is 10.2. The van der Waals surface area contributed by atoms with Crippen molar-refractivity contribution in [3.8, 4) is 6.19 Å². The Bertz CT molecular complexity index is 192. The summed E-state index contributed by atoms with van der Waals surface area (Å²) in [6.45, 7) is 0. The summed E-state index contributed by atoms with van der Waals surface area (Å²) >= 11 is 0. The number of nitrogens with one attached hydrogen (secondary N) is 2. The van der Waals surface area contributed by atoms with Gasteiger partial charge in [0.15, 0.2) is 0 Å². The third-order valence-electron chi connectivity index (χ3n) is 0.553. The summed E-state index contributed by atoms with van der Waals surface area (Å²) < 4.78 is 0. The van der Waals surface area contributed by atoms with Crippen LogP contribution in [0.3, 0.4) is 0 Å². The molecule has 0 aromatic carbocycles. The quantitative estimate of drug-likeness (QED) is 0.105. The first kappa shape index (κ1) is 8.03. The standard InChI is InChI=1S/C3H6N6O/c4-1-9(3(7)10)8-2(5)6/h(H2,7,10)(H4,5,6,8). The van der Waals surface area contributed by atoms with Crippen LogP contribution in [0.4, 0.5) is 4.79 Å². The number of primary amides is 1. The largest absolute Gasteiger partial charge is 0.369 e. The number of guanidine groups is 1. The van der Waals surface area contributed by atoms with Crippen LogP contribution < -0.4 is 16.9 Å². The molecule has 0 saturated carbocycles. The van der Waals surface area contributed by atoms with Crippen LogP contribution in [0.1, 0.15) is 0 Å². The monoisotopic (exact) mass is 142 g/mol. The number of hydrogen-bond acceptors (Lipinski definition) is 3. The molecule has 0 unspecified atom stereocenters. The van der Waals surface area contributed by atoms with Crippen molar-refractivity contribution in [2.24, 2.45) is 11.5 Å². The van der Waals surface area contributed by atoms with Gasteiger partial charge in [0.1, 0.15) is 0 Å². The van der Waals surface area contributed by atoms with Crippen LogP contribution in [0.15, 0.2) is 0 Å².